The fourth-order valence-corrected chi connectivity index (χ4v) is 5.40. The lowest BCUT2D eigenvalue weighted by Gasteiger charge is -2.30. The van der Waals surface area contributed by atoms with Gasteiger partial charge in [-0.1, -0.05) is 23.2 Å². The van der Waals surface area contributed by atoms with Crippen LogP contribution in [0.25, 0.3) is 0 Å². The summed E-state index contributed by atoms with van der Waals surface area (Å²) in [5.74, 6) is -0.323. The van der Waals surface area contributed by atoms with Crippen molar-refractivity contribution in [2.75, 3.05) is 17.5 Å². The first-order valence-electron chi connectivity index (χ1n) is 9.37. The van der Waals surface area contributed by atoms with Crippen molar-refractivity contribution < 1.29 is 23.1 Å². The zero-order valence-corrected chi connectivity index (χ0v) is 18.0. The van der Waals surface area contributed by atoms with Crippen molar-refractivity contribution in [2.24, 2.45) is 0 Å². The number of anilines is 1. The lowest BCUT2D eigenvalue weighted by molar-refractivity contribution is 0.0872. The number of aromatic nitrogens is 1. The second-order valence-corrected chi connectivity index (χ2v) is 9.80. The molecule has 1 fully saturated rings. The highest BCUT2D eigenvalue weighted by atomic mass is 35.5. The maximum absolute atomic E-state index is 13.2. The molecule has 11 heteroatoms. The topological polar surface area (TPSA) is 109 Å². The Bertz CT molecular complexity index is 1100. The van der Waals surface area contributed by atoms with E-state index in [1.54, 1.807) is 0 Å². The summed E-state index contributed by atoms with van der Waals surface area (Å²) in [7, 11) is -3.99. The van der Waals surface area contributed by atoms with Crippen LogP contribution < -0.4 is 14.4 Å². The summed E-state index contributed by atoms with van der Waals surface area (Å²) in [6.45, 7) is 0.157. The molecular weight excluding hydrogens is 453 g/mol. The lowest BCUT2D eigenvalue weighted by Crippen LogP contribution is -2.41. The molecule has 0 bridgehead atoms. The molecule has 4 rings (SSSR count). The van der Waals surface area contributed by atoms with Crippen LogP contribution in [0.3, 0.4) is 0 Å². The van der Waals surface area contributed by atoms with Crippen molar-refractivity contribution in [3.63, 3.8) is 0 Å². The molecule has 2 aliphatic rings. The van der Waals surface area contributed by atoms with Gasteiger partial charge in [0.05, 0.1) is 39.2 Å². The van der Waals surface area contributed by atoms with Gasteiger partial charge in [0.15, 0.2) is 0 Å². The van der Waals surface area contributed by atoms with E-state index in [9.17, 15) is 18.3 Å². The van der Waals surface area contributed by atoms with E-state index in [0.29, 0.717) is 12.8 Å². The van der Waals surface area contributed by atoms with E-state index in [4.69, 9.17) is 27.9 Å². The number of carbonyl (C=O) groups excluding carboxylic acids is 1. The first kappa shape index (κ1) is 21.2. The van der Waals surface area contributed by atoms with Crippen LogP contribution in [0.1, 0.15) is 29.6 Å². The number of fused-ring (bicyclic) bond motifs is 1. The Labute approximate surface area is 183 Å². The maximum atomic E-state index is 13.2. The van der Waals surface area contributed by atoms with E-state index >= 15 is 0 Å². The Balaban J connectivity index is 1.66. The number of amides is 1. The van der Waals surface area contributed by atoms with Gasteiger partial charge in [0.2, 0.25) is 5.88 Å². The smallest absolute Gasteiger partial charge is 0.264 e. The van der Waals surface area contributed by atoms with E-state index in [1.165, 1.54) is 30.5 Å². The van der Waals surface area contributed by atoms with Crippen LogP contribution in [0, 0.1) is 0 Å². The van der Waals surface area contributed by atoms with Crippen LogP contribution in [-0.4, -0.2) is 49.7 Å². The molecule has 2 heterocycles. The molecule has 0 radical (unpaired) electrons. The minimum atomic E-state index is -3.99. The number of hydrogen-bond acceptors (Lipinski definition) is 6. The lowest BCUT2D eigenvalue weighted by atomic mass is 10.2. The van der Waals surface area contributed by atoms with E-state index in [0.717, 1.165) is 10.7 Å². The van der Waals surface area contributed by atoms with E-state index in [-0.39, 0.29) is 51.3 Å². The SMILES string of the molecule is O=C(NC1CCC[C@@H]1O)c1cnc2c(c1)N(S(=O)(=O)c1ccc(Cl)c(Cl)c1)CCO2. The fourth-order valence-electron chi connectivity index (χ4n) is 3.58. The third kappa shape index (κ3) is 3.94. The van der Waals surface area contributed by atoms with Gasteiger partial charge < -0.3 is 15.2 Å². The molecule has 1 amide bonds. The van der Waals surface area contributed by atoms with Crippen LogP contribution in [0.2, 0.25) is 10.0 Å². The van der Waals surface area contributed by atoms with Gasteiger partial charge in [0, 0.05) is 6.20 Å². The van der Waals surface area contributed by atoms with Gasteiger partial charge in [0.25, 0.3) is 15.9 Å². The third-order valence-corrected chi connectivity index (χ3v) is 7.72. The molecule has 1 unspecified atom stereocenters. The first-order valence-corrected chi connectivity index (χ1v) is 11.6. The number of rotatable bonds is 4. The predicted molar refractivity (Wildman–Crippen MR) is 112 cm³/mol. The van der Waals surface area contributed by atoms with Gasteiger partial charge in [-0.25, -0.2) is 13.4 Å². The minimum Gasteiger partial charge on any atom is -0.474 e. The predicted octanol–water partition coefficient (Wildman–Crippen LogP) is 2.62. The fraction of sp³-hybridized carbons (Fsp3) is 0.368. The summed E-state index contributed by atoms with van der Waals surface area (Å²) in [5, 5.41) is 13.1. The highest BCUT2D eigenvalue weighted by Gasteiger charge is 2.33. The summed E-state index contributed by atoms with van der Waals surface area (Å²) in [4.78, 5) is 16.7. The van der Waals surface area contributed by atoms with Crippen LogP contribution in [0.4, 0.5) is 5.69 Å². The Morgan fingerprint density at radius 2 is 2.03 bits per heavy atom. The van der Waals surface area contributed by atoms with Crippen molar-refractivity contribution in [3.8, 4) is 5.88 Å². The number of sulfonamides is 1. The number of pyridine rings is 1. The third-order valence-electron chi connectivity index (χ3n) is 5.17. The molecule has 0 spiro atoms. The maximum Gasteiger partial charge on any atom is 0.264 e. The highest BCUT2D eigenvalue weighted by Crippen LogP contribution is 2.35. The van der Waals surface area contributed by atoms with Gasteiger partial charge >= 0.3 is 0 Å². The van der Waals surface area contributed by atoms with Crippen molar-refractivity contribution >= 4 is 44.8 Å². The van der Waals surface area contributed by atoms with Gasteiger partial charge in [-0.05, 0) is 43.5 Å². The van der Waals surface area contributed by atoms with E-state index in [2.05, 4.69) is 10.3 Å². The quantitative estimate of drug-likeness (QED) is 0.709. The first-order chi connectivity index (χ1) is 14.3. The molecule has 2 aromatic rings. The number of carbonyl (C=O) groups is 1. The molecule has 8 nitrogen and oxygen atoms in total. The molecule has 1 aliphatic carbocycles. The summed E-state index contributed by atoms with van der Waals surface area (Å²) in [5.41, 5.74) is 0.333. The van der Waals surface area contributed by atoms with Crippen molar-refractivity contribution in [3.05, 3.63) is 46.1 Å². The van der Waals surface area contributed by atoms with Crippen LogP contribution in [0.5, 0.6) is 5.88 Å². The number of aliphatic hydroxyl groups excluding tert-OH is 1. The van der Waals surface area contributed by atoms with Crippen molar-refractivity contribution in [1.29, 1.82) is 0 Å². The Hall–Kier alpha value is -2.07. The summed E-state index contributed by atoms with van der Waals surface area (Å²) >= 11 is 11.9. The summed E-state index contributed by atoms with van der Waals surface area (Å²) in [6, 6.07) is 5.14. The molecule has 1 aromatic heterocycles. The Morgan fingerprint density at radius 1 is 1.23 bits per heavy atom. The van der Waals surface area contributed by atoms with Crippen LogP contribution in [0.15, 0.2) is 35.4 Å². The second kappa shape index (κ2) is 8.22. The number of nitrogens with zero attached hydrogens (tertiary/aromatic N) is 2. The van der Waals surface area contributed by atoms with E-state index in [1.807, 2.05) is 0 Å². The second-order valence-electron chi connectivity index (χ2n) is 7.13. The molecule has 160 valence electrons. The van der Waals surface area contributed by atoms with E-state index < -0.39 is 22.0 Å². The average Bonchev–Trinajstić information content (AvgIpc) is 3.13. The monoisotopic (exact) mass is 471 g/mol. The molecule has 0 saturated heterocycles. The van der Waals surface area contributed by atoms with Gasteiger partial charge in [-0.15, -0.1) is 0 Å². The molecule has 2 N–H and O–H groups in total. The minimum absolute atomic E-state index is 0.0336. The number of hydrogen-bond donors (Lipinski definition) is 2. The molecular formula is C19H19Cl2N3O5S. The zero-order chi connectivity index (χ0) is 21.5. The number of nitrogens with one attached hydrogen (secondary N) is 1. The number of ether oxygens (including phenoxy) is 1. The number of halogens is 2. The van der Waals surface area contributed by atoms with Crippen molar-refractivity contribution in [1.82, 2.24) is 10.3 Å². The molecule has 30 heavy (non-hydrogen) atoms. The normalized spacial score (nSPS) is 21.1. The van der Waals surface area contributed by atoms with Crippen molar-refractivity contribution in [2.45, 2.75) is 36.3 Å². The molecule has 1 aliphatic heterocycles. The standard InChI is InChI=1S/C19H19Cl2N3O5S/c20-13-5-4-12(9-14(13)21)30(27,28)24-6-7-29-19-16(24)8-11(10-22-19)18(26)23-15-2-1-3-17(15)25/h4-5,8-10,15,17,25H,1-3,6-7H2,(H,23,26)/t15?,17-/m0/s1. The summed E-state index contributed by atoms with van der Waals surface area (Å²) < 4.78 is 33.1. The Kier molecular flexibility index (Phi) is 5.80. The zero-order valence-electron chi connectivity index (χ0n) is 15.7. The largest absolute Gasteiger partial charge is 0.474 e. The number of aliphatic hydroxyl groups is 1. The molecule has 1 saturated carbocycles. The number of benzene rings is 1. The van der Waals surface area contributed by atoms with Crippen LogP contribution in [-0.2, 0) is 10.0 Å². The van der Waals surface area contributed by atoms with Gasteiger partial charge in [-0.3, -0.25) is 9.10 Å². The van der Waals surface area contributed by atoms with Gasteiger partial charge in [0.1, 0.15) is 12.3 Å². The molecule has 1 aromatic carbocycles. The summed E-state index contributed by atoms with van der Waals surface area (Å²) in [6.07, 6.45) is 2.89. The highest BCUT2D eigenvalue weighted by molar-refractivity contribution is 7.92. The van der Waals surface area contributed by atoms with Gasteiger partial charge in [-0.2, -0.15) is 0 Å². The average molecular weight is 472 g/mol. The van der Waals surface area contributed by atoms with Crippen LogP contribution >= 0.6 is 23.2 Å². The molecule has 2 atom stereocenters. The Morgan fingerprint density at radius 3 is 2.73 bits per heavy atom.